The molecule has 1 amide bonds. The van der Waals surface area contributed by atoms with Crippen LogP contribution in [0.25, 0.3) is 22.2 Å². The monoisotopic (exact) mass is 472 g/mol. The van der Waals surface area contributed by atoms with Gasteiger partial charge in [-0.05, 0) is 75.4 Å². The van der Waals surface area contributed by atoms with Crippen LogP contribution < -0.4 is 0 Å². The van der Waals surface area contributed by atoms with Crippen molar-refractivity contribution in [2.24, 2.45) is 5.92 Å². The number of ether oxygens (including phenoxy) is 1. The molecule has 2 saturated heterocycles. The van der Waals surface area contributed by atoms with Crippen LogP contribution in [0.4, 0.5) is 0 Å². The molecule has 0 aliphatic carbocycles. The van der Waals surface area contributed by atoms with Gasteiger partial charge in [-0.1, -0.05) is 24.6 Å². The number of rotatable bonds is 8. The standard InChI is InChI=1S/C29H36N4O2/c1-35-19-7-18-33(21-23-8-6-17-32-16-5-4-11-28(23)32)29(34)25-20-27(22-12-14-30-15-13-22)31-26-10-3-2-9-24(25)26/h2-3,9-10,12-15,20,23,28H,4-8,11,16-19,21H2,1H3. The van der Waals surface area contributed by atoms with Crippen LogP contribution in [-0.2, 0) is 4.74 Å². The predicted octanol–water partition coefficient (Wildman–Crippen LogP) is 5.04. The fourth-order valence-electron chi connectivity index (χ4n) is 5.94. The molecular formula is C29H36N4O2. The van der Waals surface area contributed by atoms with Crippen molar-refractivity contribution in [1.29, 1.82) is 0 Å². The Morgan fingerprint density at radius 3 is 2.77 bits per heavy atom. The predicted molar refractivity (Wildman–Crippen MR) is 139 cm³/mol. The second kappa shape index (κ2) is 11.3. The summed E-state index contributed by atoms with van der Waals surface area (Å²) in [5, 5.41) is 0.912. The van der Waals surface area contributed by atoms with E-state index in [9.17, 15) is 4.79 Å². The highest BCUT2D eigenvalue weighted by Crippen LogP contribution is 2.32. The molecule has 5 rings (SSSR count). The normalized spacial score (nSPS) is 20.5. The van der Waals surface area contributed by atoms with Gasteiger partial charge < -0.3 is 14.5 Å². The first-order chi connectivity index (χ1) is 17.2. The molecule has 4 heterocycles. The van der Waals surface area contributed by atoms with Crippen molar-refractivity contribution >= 4 is 16.8 Å². The van der Waals surface area contributed by atoms with E-state index in [1.807, 2.05) is 42.5 Å². The number of benzene rings is 1. The highest BCUT2D eigenvalue weighted by molar-refractivity contribution is 6.07. The Kier molecular flexibility index (Phi) is 7.69. The topological polar surface area (TPSA) is 58.6 Å². The van der Waals surface area contributed by atoms with E-state index in [0.717, 1.165) is 40.7 Å². The van der Waals surface area contributed by atoms with Gasteiger partial charge in [-0.25, -0.2) is 4.98 Å². The smallest absolute Gasteiger partial charge is 0.254 e. The van der Waals surface area contributed by atoms with Crippen molar-refractivity contribution in [2.45, 2.75) is 44.6 Å². The second-order valence-corrected chi connectivity index (χ2v) is 9.91. The Morgan fingerprint density at radius 1 is 1.09 bits per heavy atom. The molecule has 2 unspecified atom stereocenters. The largest absolute Gasteiger partial charge is 0.385 e. The number of aromatic nitrogens is 2. The highest BCUT2D eigenvalue weighted by Gasteiger charge is 2.35. The lowest BCUT2D eigenvalue weighted by Gasteiger charge is -2.45. The Bertz CT molecular complexity index is 1130. The van der Waals surface area contributed by atoms with Gasteiger partial charge in [0.2, 0.25) is 0 Å². The second-order valence-electron chi connectivity index (χ2n) is 9.91. The first kappa shape index (κ1) is 23.9. The Labute approximate surface area is 208 Å². The van der Waals surface area contributed by atoms with Crippen LogP contribution in [0.5, 0.6) is 0 Å². The van der Waals surface area contributed by atoms with E-state index in [0.29, 0.717) is 25.1 Å². The summed E-state index contributed by atoms with van der Waals surface area (Å²) >= 11 is 0. The van der Waals surface area contributed by atoms with Gasteiger partial charge in [-0.3, -0.25) is 9.78 Å². The van der Waals surface area contributed by atoms with Crippen molar-refractivity contribution < 1.29 is 9.53 Å². The number of para-hydroxylation sites is 1. The van der Waals surface area contributed by atoms with Gasteiger partial charge in [-0.2, -0.15) is 0 Å². The lowest BCUT2D eigenvalue weighted by Crippen LogP contribution is -2.51. The molecule has 2 aliphatic heterocycles. The Morgan fingerprint density at radius 2 is 1.91 bits per heavy atom. The molecule has 0 N–H and O–H groups in total. The maximum atomic E-state index is 14.2. The number of nitrogens with zero attached hydrogens (tertiary/aromatic N) is 4. The molecule has 0 radical (unpaired) electrons. The Hall–Kier alpha value is -2.83. The van der Waals surface area contributed by atoms with Crippen LogP contribution in [-0.4, -0.2) is 71.6 Å². The number of methoxy groups -OCH3 is 1. The van der Waals surface area contributed by atoms with E-state index >= 15 is 0 Å². The lowest BCUT2D eigenvalue weighted by molar-refractivity contribution is 0.0348. The minimum absolute atomic E-state index is 0.0999. The molecule has 3 aromatic rings. The molecule has 35 heavy (non-hydrogen) atoms. The molecule has 6 nitrogen and oxygen atoms in total. The molecule has 2 aliphatic rings. The molecule has 0 bridgehead atoms. The van der Waals surface area contributed by atoms with Crippen molar-refractivity contribution in [3.63, 3.8) is 0 Å². The highest BCUT2D eigenvalue weighted by atomic mass is 16.5. The van der Waals surface area contributed by atoms with Crippen LogP contribution in [0.2, 0.25) is 0 Å². The summed E-state index contributed by atoms with van der Waals surface area (Å²) in [5.41, 5.74) is 3.35. The van der Waals surface area contributed by atoms with Crippen LogP contribution in [0.1, 0.15) is 48.9 Å². The third-order valence-electron chi connectivity index (χ3n) is 7.67. The molecule has 2 fully saturated rings. The van der Waals surface area contributed by atoms with Crippen LogP contribution in [0, 0.1) is 5.92 Å². The molecule has 2 aromatic heterocycles. The van der Waals surface area contributed by atoms with Crippen LogP contribution >= 0.6 is 0 Å². The van der Waals surface area contributed by atoms with E-state index in [1.54, 1.807) is 19.5 Å². The fraction of sp³-hybridized carbons (Fsp3) is 0.483. The van der Waals surface area contributed by atoms with Crippen LogP contribution in [0.3, 0.4) is 0 Å². The first-order valence-corrected chi connectivity index (χ1v) is 13.1. The summed E-state index contributed by atoms with van der Waals surface area (Å²) in [6.45, 7) is 4.59. The summed E-state index contributed by atoms with van der Waals surface area (Å²) in [4.78, 5) is 28.0. The summed E-state index contributed by atoms with van der Waals surface area (Å²) in [6.07, 6.45) is 10.7. The first-order valence-electron chi connectivity index (χ1n) is 13.1. The van der Waals surface area contributed by atoms with Gasteiger partial charge in [0.05, 0.1) is 16.8 Å². The number of carbonyl (C=O) groups is 1. The van der Waals surface area contributed by atoms with Gasteiger partial charge in [0.15, 0.2) is 0 Å². The molecule has 2 atom stereocenters. The minimum Gasteiger partial charge on any atom is -0.385 e. The van der Waals surface area contributed by atoms with E-state index in [4.69, 9.17) is 9.72 Å². The van der Waals surface area contributed by atoms with Gasteiger partial charge in [0.25, 0.3) is 5.91 Å². The number of carbonyl (C=O) groups excluding carboxylic acids is 1. The average molecular weight is 473 g/mol. The van der Waals surface area contributed by atoms with Gasteiger partial charge in [0, 0.05) is 56.2 Å². The number of amides is 1. The number of pyridine rings is 2. The van der Waals surface area contributed by atoms with Crippen LogP contribution in [0.15, 0.2) is 54.9 Å². The van der Waals surface area contributed by atoms with Crippen molar-refractivity contribution in [2.75, 3.05) is 39.9 Å². The van der Waals surface area contributed by atoms with E-state index < -0.39 is 0 Å². The van der Waals surface area contributed by atoms with E-state index in [2.05, 4.69) is 14.8 Å². The van der Waals surface area contributed by atoms with Gasteiger partial charge >= 0.3 is 0 Å². The molecular weight excluding hydrogens is 436 g/mol. The van der Waals surface area contributed by atoms with E-state index in [1.165, 1.54) is 45.2 Å². The molecule has 0 saturated carbocycles. The molecule has 0 spiro atoms. The number of fused-ring (bicyclic) bond motifs is 2. The van der Waals surface area contributed by atoms with Crippen molar-refractivity contribution in [1.82, 2.24) is 19.8 Å². The quantitative estimate of drug-likeness (QED) is 0.430. The zero-order valence-corrected chi connectivity index (χ0v) is 20.7. The van der Waals surface area contributed by atoms with Gasteiger partial charge in [0.1, 0.15) is 0 Å². The van der Waals surface area contributed by atoms with Gasteiger partial charge in [-0.15, -0.1) is 0 Å². The molecule has 6 heteroatoms. The number of hydrogen-bond donors (Lipinski definition) is 0. The average Bonchev–Trinajstić information content (AvgIpc) is 2.92. The van der Waals surface area contributed by atoms with Crippen molar-refractivity contribution in [3.05, 3.63) is 60.4 Å². The maximum absolute atomic E-state index is 14.2. The Balaban J connectivity index is 1.48. The zero-order chi connectivity index (χ0) is 24.0. The van der Waals surface area contributed by atoms with E-state index in [-0.39, 0.29) is 5.91 Å². The zero-order valence-electron chi connectivity index (χ0n) is 20.7. The lowest BCUT2D eigenvalue weighted by atomic mass is 9.83. The molecule has 1 aromatic carbocycles. The third kappa shape index (κ3) is 5.39. The summed E-state index contributed by atoms with van der Waals surface area (Å²) in [6, 6.07) is 14.5. The summed E-state index contributed by atoms with van der Waals surface area (Å²) in [5.74, 6) is 0.631. The SMILES string of the molecule is COCCCN(CC1CCCN2CCCCC12)C(=O)c1cc(-c2ccncc2)nc2ccccc12. The fourth-order valence-corrected chi connectivity index (χ4v) is 5.94. The third-order valence-corrected chi connectivity index (χ3v) is 7.67. The summed E-state index contributed by atoms with van der Waals surface area (Å²) in [7, 11) is 1.73. The number of hydrogen-bond acceptors (Lipinski definition) is 5. The number of piperidine rings is 2. The summed E-state index contributed by atoms with van der Waals surface area (Å²) < 4.78 is 5.34. The minimum atomic E-state index is 0.0999. The maximum Gasteiger partial charge on any atom is 0.254 e. The van der Waals surface area contributed by atoms with Crippen molar-refractivity contribution in [3.8, 4) is 11.3 Å². The molecule has 184 valence electrons.